The van der Waals surface area contributed by atoms with Crippen LogP contribution in [0.5, 0.6) is 0 Å². The maximum absolute atomic E-state index is 6.33. The number of hydrogen-bond acceptors (Lipinski definition) is 5. The van der Waals surface area contributed by atoms with Crippen LogP contribution >= 0.6 is 23.5 Å². The zero-order valence-corrected chi connectivity index (χ0v) is 20.3. The van der Waals surface area contributed by atoms with Gasteiger partial charge in [-0.2, -0.15) is 0 Å². The van der Waals surface area contributed by atoms with Crippen molar-refractivity contribution in [1.82, 2.24) is 4.57 Å². The third-order valence-electron chi connectivity index (χ3n) is 5.70. The molecule has 30 heavy (non-hydrogen) atoms. The molecule has 2 fully saturated rings. The van der Waals surface area contributed by atoms with E-state index in [0.717, 1.165) is 44.3 Å². The van der Waals surface area contributed by atoms with Crippen molar-refractivity contribution in [3.05, 3.63) is 18.7 Å². The molecular weight excluding hydrogens is 416 g/mol. The van der Waals surface area contributed by atoms with Crippen LogP contribution in [0, 0.1) is 0 Å². The fraction of sp³-hybridized carbons (Fsp3) is 0.870. The molecule has 0 amide bonds. The van der Waals surface area contributed by atoms with E-state index in [2.05, 4.69) is 34.9 Å². The van der Waals surface area contributed by atoms with Crippen molar-refractivity contribution in [3.8, 4) is 0 Å². The summed E-state index contributed by atoms with van der Waals surface area (Å²) in [5.74, 6) is 2.07. The van der Waals surface area contributed by atoms with Crippen LogP contribution in [-0.4, -0.2) is 52.9 Å². The third-order valence-corrected chi connectivity index (χ3v) is 8.32. The molecule has 0 aliphatic carbocycles. The zero-order valence-electron chi connectivity index (χ0n) is 18.7. The van der Waals surface area contributed by atoms with Gasteiger partial charge in [0, 0.05) is 31.3 Å². The van der Waals surface area contributed by atoms with Crippen molar-refractivity contribution < 1.29 is 18.8 Å². The van der Waals surface area contributed by atoms with Gasteiger partial charge in [0.1, 0.15) is 23.3 Å². The van der Waals surface area contributed by atoms with Crippen LogP contribution in [0.4, 0.5) is 0 Å². The first-order valence-corrected chi connectivity index (χ1v) is 14.0. The molecule has 1 aromatic rings. The van der Waals surface area contributed by atoms with Crippen molar-refractivity contribution >= 4 is 23.5 Å². The Labute approximate surface area is 191 Å². The molecule has 3 rings (SSSR count). The van der Waals surface area contributed by atoms with Crippen LogP contribution < -0.4 is 4.57 Å². The van der Waals surface area contributed by atoms with Crippen LogP contribution in [0.15, 0.2) is 18.7 Å². The molecule has 7 heteroatoms. The maximum atomic E-state index is 6.33. The molecular formula is C23H41N2O3S2+. The molecule has 2 aliphatic rings. The highest BCUT2D eigenvalue weighted by Gasteiger charge is 2.20. The monoisotopic (exact) mass is 457 g/mol. The Morgan fingerprint density at radius 3 is 2.20 bits per heavy atom. The highest BCUT2D eigenvalue weighted by Crippen LogP contribution is 2.28. The van der Waals surface area contributed by atoms with Crippen molar-refractivity contribution in [2.75, 3.05) is 31.3 Å². The molecule has 0 bridgehead atoms. The SMILES string of the molecule is C[n+]1ccn(CCCCCCOC(CSC2CCCCO2)CSC2CCCCO2)c1. The number of unbranched alkanes of at least 4 members (excludes halogenated alkanes) is 3. The number of imidazole rings is 1. The van der Waals surface area contributed by atoms with Gasteiger partial charge in [-0.1, -0.05) is 6.42 Å². The lowest BCUT2D eigenvalue weighted by Gasteiger charge is -2.27. The molecule has 3 heterocycles. The lowest BCUT2D eigenvalue weighted by molar-refractivity contribution is -0.671. The van der Waals surface area contributed by atoms with Crippen molar-refractivity contribution in [2.24, 2.45) is 7.05 Å². The summed E-state index contributed by atoms with van der Waals surface area (Å²) in [6.07, 6.45) is 19.0. The van der Waals surface area contributed by atoms with Gasteiger partial charge in [0.15, 0.2) is 0 Å². The molecule has 0 radical (unpaired) electrons. The van der Waals surface area contributed by atoms with Gasteiger partial charge in [-0.3, -0.25) is 0 Å². The summed E-state index contributed by atoms with van der Waals surface area (Å²) in [6, 6.07) is 0. The number of aromatic nitrogens is 2. The molecule has 0 N–H and O–H groups in total. The topological polar surface area (TPSA) is 36.5 Å². The molecule has 2 atom stereocenters. The lowest BCUT2D eigenvalue weighted by atomic mass is 10.2. The summed E-state index contributed by atoms with van der Waals surface area (Å²) in [4.78, 5) is 0. The van der Waals surface area contributed by atoms with E-state index in [1.165, 1.54) is 57.8 Å². The summed E-state index contributed by atoms with van der Waals surface area (Å²) in [7, 11) is 2.07. The van der Waals surface area contributed by atoms with Gasteiger partial charge in [0.2, 0.25) is 6.33 Å². The second kappa shape index (κ2) is 14.8. The van der Waals surface area contributed by atoms with Crippen LogP contribution in [0.2, 0.25) is 0 Å². The molecule has 5 nitrogen and oxygen atoms in total. The standard InChI is InChI=1S/C23H41N2O3S2/c1-24-13-14-25(20-24)12-6-2-3-7-15-26-21(18-29-22-10-4-8-16-27-22)19-30-23-11-5-9-17-28-23/h13-14,20-23H,2-12,15-19H2,1H3/q+1. The first-order valence-electron chi connectivity index (χ1n) is 11.9. The van der Waals surface area contributed by atoms with E-state index in [9.17, 15) is 0 Å². The van der Waals surface area contributed by atoms with Gasteiger partial charge in [0.25, 0.3) is 0 Å². The van der Waals surface area contributed by atoms with Crippen molar-refractivity contribution in [3.63, 3.8) is 0 Å². The van der Waals surface area contributed by atoms with E-state index in [0.29, 0.717) is 17.0 Å². The van der Waals surface area contributed by atoms with Gasteiger partial charge in [-0.15, -0.1) is 23.5 Å². The fourth-order valence-corrected chi connectivity index (χ4v) is 6.38. The molecule has 2 unspecified atom stereocenters. The average molecular weight is 458 g/mol. The van der Waals surface area contributed by atoms with E-state index in [-0.39, 0.29) is 0 Å². The van der Waals surface area contributed by atoms with E-state index >= 15 is 0 Å². The summed E-state index contributed by atoms with van der Waals surface area (Å²) in [5, 5.41) is 0. The minimum Gasteiger partial charge on any atom is -0.376 e. The van der Waals surface area contributed by atoms with Crippen LogP contribution in [0.1, 0.15) is 64.2 Å². The van der Waals surface area contributed by atoms with Gasteiger partial charge in [-0.25, -0.2) is 9.13 Å². The Hall–Kier alpha value is -0.210. The Morgan fingerprint density at radius 1 is 0.967 bits per heavy atom. The Kier molecular flexibility index (Phi) is 12.0. The number of rotatable bonds is 14. The molecule has 2 aliphatic heterocycles. The van der Waals surface area contributed by atoms with Gasteiger partial charge in [-0.05, 0) is 57.8 Å². The normalized spacial score (nSPS) is 23.5. The lowest BCUT2D eigenvalue weighted by Crippen LogP contribution is -2.26. The van der Waals surface area contributed by atoms with Gasteiger partial charge in [0.05, 0.1) is 19.7 Å². The number of aryl methyl sites for hydroxylation is 2. The van der Waals surface area contributed by atoms with E-state index in [4.69, 9.17) is 14.2 Å². The van der Waals surface area contributed by atoms with Crippen LogP contribution in [0.25, 0.3) is 0 Å². The summed E-state index contributed by atoms with van der Waals surface area (Å²) in [5.41, 5.74) is 0.743. The van der Waals surface area contributed by atoms with Gasteiger partial charge < -0.3 is 14.2 Å². The first kappa shape index (κ1) is 24.4. The predicted molar refractivity (Wildman–Crippen MR) is 126 cm³/mol. The molecule has 2 saturated heterocycles. The molecule has 1 aromatic heterocycles. The summed E-state index contributed by atoms with van der Waals surface area (Å²) in [6.45, 7) is 3.84. The summed E-state index contributed by atoms with van der Waals surface area (Å²) < 4.78 is 22.5. The Bertz CT molecular complexity index is 538. The molecule has 0 spiro atoms. The quantitative estimate of drug-likeness (QED) is 0.297. The van der Waals surface area contributed by atoms with Crippen molar-refractivity contribution in [2.45, 2.75) is 87.7 Å². The predicted octanol–water partition coefficient (Wildman–Crippen LogP) is 4.78. The van der Waals surface area contributed by atoms with E-state index in [1.807, 2.05) is 23.5 Å². The van der Waals surface area contributed by atoms with E-state index < -0.39 is 0 Å². The van der Waals surface area contributed by atoms with E-state index in [1.54, 1.807) is 0 Å². The first-order chi connectivity index (χ1) is 14.8. The number of ether oxygens (including phenoxy) is 3. The molecule has 0 aromatic carbocycles. The second-order valence-electron chi connectivity index (χ2n) is 8.48. The van der Waals surface area contributed by atoms with Crippen LogP contribution in [0.3, 0.4) is 0 Å². The van der Waals surface area contributed by atoms with Crippen molar-refractivity contribution in [1.29, 1.82) is 0 Å². The largest absolute Gasteiger partial charge is 0.376 e. The molecule has 172 valence electrons. The van der Waals surface area contributed by atoms with Gasteiger partial charge >= 0.3 is 0 Å². The Morgan fingerprint density at radius 2 is 1.63 bits per heavy atom. The minimum absolute atomic E-state index is 0.302. The molecule has 0 saturated carbocycles. The van der Waals surface area contributed by atoms with Crippen LogP contribution in [-0.2, 0) is 27.8 Å². The number of nitrogens with zero attached hydrogens (tertiary/aromatic N) is 2. The minimum atomic E-state index is 0.302. The second-order valence-corrected chi connectivity index (χ2v) is 10.9. The fourth-order valence-electron chi connectivity index (χ4n) is 3.89. The highest BCUT2D eigenvalue weighted by atomic mass is 32.2. The Balaban J connectivity index is 1.28. The number of thioether (sulfide) groups is 2. The maximum Gasteiger partial charge on any atom is 0.243 e. The number of hydrogen-bond donors (Lipinski definition) is 0. The zero-order chi connectivity index (χ0) is 20.9. The third kappa shape index (κ3) is 9.94. The highest BCUT2D eigenvalue weighted by molar-refractivity contribution is 8.00. The smallest absolute Gasteiger partial charge is 0.243 e. The average Bonchev–Trinajstić information content (AvgIpc) is 3.20. The summed E-state index contributed by atoms with van der Waals surface area (Å²) >= 11 is 3.91.